The van der Waals surface area contributed by atoms with Crippen LogP contribution < -0.4 is 10.1 Å². The molecule has 0 saturated carbocycles. The minimum absolute atomic E-state index is 0.214. The summed E-state index contributed by atoms with van der Waals surface area (Å²) in [4.78, 5) is 13.3. The Kier molecular flexibility index (Phi) is 6.51. The molecule has 1 amide bonds. The van der Waals surface area contributed by atoms with Gasteiger partial charge in [-0.25, -0.2) is 13.1 Å². The van der Waals surface area contributed by atoms with Gasteiger partial charge in [-0.3, -0.25) is 4.79 Å². The molecule has 8 heteroatoms. The lowest BCUT2D eigenvalue weighted by molar-refractivity contribution is 0.102. The zero-order chi connectivity index (χ0) is 24.3. The van der Waals surface area contributed by atoms with E-state index in [0.29, 0.717) is 29.4 Å². The fourth-order valence-electron chi connectivity index (χ4n) is 3.49. The molecule has 0 bridgehead atoms. The first-order chi connectivity index (χ1) is 16.3. The Balaban J connectivity index is 1.75. The summed E-state index contributed by atoms with van der Waals surface area (Å²) in [5.41, 5.74) is 4.09. The van der Waals surface area contributed by atoms with E-state index >= 15 is 0 Å². The van der Waals surface area contributed by atoms with E-state index in [9.17, 15) is 13.2 Å². The van der Waals surface area contributed by atoms with Crippen LogP contribution in [0.3, 0.4) is 0 Å². The van der Waals surface area contributed by atoms with Crippen molar-refractivity contribution in [2.75, 3.05) is 18.2 Å². The third kappa shape index (κ3) is 5.02. The third-order valence-corrected chi connectivity index (χ3v) is 6.36. The Morgan fingerprint density at radius 1 is 1.00 bits per heavy atom. The highest BCUT2D eigenvalue weighted by atomic mass is 32.2. The van der Waals surface area contributed by atoms with Crippen LogP contribution in [0.15, 0.2) is 83.8 Å². The summed E-state index contributed by atoms with van der Waals surface area (Å²) in [6.45, 7) is 4.35. The van der Waals surface area contributed by atoms with Gasteiger partial charge in [0.1, 0.15) is 5.75 Å². The number of benzene rings is 3. The molecular weight excluding hydrogens is 450 g/mol. The Labute approximate surface area is 198 Å². The highest BCUT2D eigenvalue weighted by Crippen LogP contribution is 2.27. The van der Waals surface area contributed by atoms with Crippen molar-refractivity contribution in [3.05, 3.63) is 90.1 Å². The molecule has 1 aromatic heterocycles. The number of hydrogen-bond donors (Lipinski definition) is 1. The van der Waals surface area contributed by atoms with E-state index in [1.54, 1.807) is 35.0 Å². The van der Waals surface area contributed by atoms with Crippen molar-refractivity contribution in [3.8, 4) is 22.7 Å². The maximum absolute atomic E-state index is 13.1. The number of rotatable bonds is 7. The van der Waals surface area contributed by atoms with Gasteiger partial charge < -0.3 is 10.1 Å². The molecule has 0 aliphatic rings. The molecule has 0 atom stereocenters. The summed E-state index contributed by atoms with van der Waals surface area (Å²) >= 11 is 0. The normalized spacial score (nSPS) is 11.3. The Morgan fingerprint density at radius 2 is 1.68 bits per heavy atom. The quantitative estimate of drug-likeness (QED) is 0.411. The number of ether oxygens (including phenoxy) is 1. The first kappa shape index (κ1) is 23.3. The van der Waals surface area contributed by atoms with E-state index in [2.05, 4.69) is 10.4 Å². The van der Waals surface area contributed by atoms with Crippen LogP contribution in [0.1, 0.15) is 23.0 Å². The van der Waals surface area contributed by atoms with Gasteiger partial charge >= 0.3 is 0 Å². The summed E-state index contributed by atoms with van der Waals surface area (Å²) in [6.07, 6.45) is 1.16. The molecular formula is C26H25N3O4S. The Morgan fingerprint density at radius 3 is 2.32 bits per heavy atom. The number of nitrogens with one attached hydrogen (secondary N) is 1. The van der Waals surface area contributed by atoms with Gasteiger partial charge in [-0.2, -0.15) is 5.10 Å². The van der Waals surface area contributed by atoms with Crippen molar-refractivity contribution in [1.29, 1.82) is 0 Å². The highest BCUT2D eigenvalue weighted by Gasteiger charge is 2.19. The molecule has 1 N–H and O–H groups in total. The van der Waals surface area contributed by atoms with Crippen molar-refractivity contribution in [3.63, 3.8) is 0 Å². The molecule has 0 fully saturated rings. The van der Waals surface area contributed by atoms with Gasteiger partial charge in [0.05, 0.1) is 28.6 Å². The molecule has 34 heavy (non-hydrogen) atoms. The molecule has 4 aromatic rings. The number of anilines is 1. The largest absolute Gasteiger partial charge is 0.492 e. The molecule has 0 aliphatic heterocycles. The Bertz CT molecular complexity index is 1420. The SMILES string of the molecule is CCOc1ccccc1NC(=O)c1cc(-c2ccc(C)cc2)n(-c2ccc(S(C)(=O)=O)cc2)n1. The number of carbonyl (C=O) groups excluding carboxylic acids is 1. The van der Waals surface area contributed by atoms with Crippen LogP contribution in [0.4, 0.5) is 5.69 Å². The average Bonchev–Trinajstić information content (AvgIpc) is 3.26. The first-order valence-corrected chi connectivity index (χ1v) is 12.7. The zero-order valence-corrected chi connectivity index (χ0v) is 20.0. The van der Waals surface area contributed by atoms with Gasteiger partial charge in [0.15, 0.2) is 15.5 Å². The molecule has 0 saturated heterocycles. The lowest BCUT2D eigenvalue weighted by atomic mass is 10.1. The maximum atomic E-state index is 13.1. The summed E-state index contributed by atoms with van der Waals surface area (Å²) in [5.74, 6) is 0.194. The van der Waals surface area contributed by atoms with E-state index < -0.39 is 9.84 Å². The van der Waals surface area contributed by atoms with Crippen LogP contribution in [-0.2, 0) is 9.84 Å². The van der Waals surface area contributed by atoms with Gasteiger partial charge in [-0.05, 0) is 56.3 Å². The van der Waals surface area contributed by atoms with Gasteiger partial charge in [-0.15, -0.1) is 0 Å². The van der Waals surface area contributed by atoms with Gasteiger partial charge in [0, 0.05) is 11.8 Å². The lowest BCUT2D eigenvalue weighted by Gasteiger charge is -2.10. The number of aromatic nitrogens is 2. The van der Waals surface area contributed by atoms with Crippen LogP contribution in [-0.4, -0.2) is 37.0 Å². The monoisotopic (exact) mass is 475 g/mol. The molecule has 0 spiro atoms. The van der Waals surface area contributed by atoms with Crippen molar-refractivity contribution in [1.82, 2.24) is 9.78 Å². The average molecular weight is 476 g/mol. The maximum Gasteiger partial charge on any atom is 0.276 e. The van der Waals surface area contributed by atoms with Gasteiger partial charge in [0.2, 0.25) is 0 Å². The number of hydrogen-bond acceptors (Lipinski definition) is 5. The fourth-order valence-corrected chi connectivity index (χ4v) is 4.12. The molecule has 1 heterocycles. The number of sulfone groups is 1. The van der Waals surface area contributed by atoms with Crippen molar-refractivity contribution in [2.24, 2.45) is 0 Å². The predicted molar refractivity (Wildman–Crippen MR) is 132 cm³/mol. The molecule has 3 aromatic carbocycles. The zero-order valence-electron chi connectivity index (χ0n) is 19.1. The number of carbonyl (C=O) groups is 1. The van der Waals surface area contributed by atoms with Crippen LogP contribution in [0.2, 0.25) is 0 Å². The number of amides is 1. The second kappa shape index (κ2) is 9.52. The number of aryl methyl sites for hydroxylation is 1. The van der Waals surface area contributed by atoms with Gasteiger partial charge in [0.25, 0.3) is 5.91 Å². The predicted octanol–water partition coefficient (Wildman–Crippen LogP) is 4.90. The minimum atomic E-state index is -3.33. The van der Waals surface area contributed by atoms with E-state index in [1.165, 1.54) is 12.1 Å². The van der Waals surface area contributed by atoms with Crippen molar-refractivity contribution < 1.29 is 17.9 Å². The standard InChI is InChI=1S/C26H25N3O4S/c1-4-33-25-8-6-5-7-22(25)27-26(30)23-17-24(19-11-9-18(2)10-12-19)29(28-23)20-13-15-21(16-14-20)34(3,31)32/h5-17H,4H2,1-3H3,(H,27,30). The lowest BCUT2D eigenvalue weighted by Crippen LogP contribution is -2.14. The smallest absolute Gasteiger partial charge is 0.276 e. The van der Waals surface area contributed by atoms with Gasteiger partial charge in [-0.1, -0.05) is 42.0 Å². The molecule has 174 valence electrons. The molecule has 0 unspecified atom stereocenters. The fraction of sp³-hybridized carbons (Fsp3) is 0.154. The summed E-state index contributed by atoms with van der Waals surface area (Å²) < 4.78 is 31.0. The number of para-hydroxylation sites is 2. The van der Waals surface area contributed by atoms with Crippen LogP contribution >= 0.6 is 0 Å². The second-order valence-corrected chi connectivity index (χ2v) is 9.86. The van der Waals surface area contributed by atoms with Crippen LogP contribution in [0.5, 0.6) is 5.75 Å². The van der Waals surface area contributed by atoms with Crippen LogP contribution in [0.25, 0.3) is 16.9 Å². The van der Waals surface area contributed by atoms with E-state index in [-0.39, 0.29) is 16.5 Å². The summed E-state index contributed by atoms with van der Waals surface area (Å²) in [6, 6.07) is 23.2. The van der Waals surface area contributed by atoms with E-state index in [0.717, 1.165) is 17.4 Å². The van der Waals surface area contributed by atoms with Crippen molar-refractivity contribution in [2.45, 2.75) is 18.7 Å². The van der Waals surface area contributed by atoms with Crippen LogP contribution in [0, 0.1) is 6.92 Å². The summed E-state index contributed by atoms with van der Waals surface area (Å²) in [5, 5.41) is 7.43. The first-order valence-electron chi connectivity index (χ1n) is 10.8. The topological polar surface area (TPSA) is 90.3 Å². The molecule has 4 rings (SSSR count). The number of nitrogens with zero attached hydrogens (tertiary/aromatic N) is 2. The second-order valence-electron chi connectivity index (χ2n) is 7.84. The van der Waals surface area contributed by atoms with Crippen molar-refractivity contribution >= 4 is 21.4 Å². The van der Waals surface area contributed by atoms with E-state index in [4.69, 9.17) is 4.74 Å². The molecule has 7 nitrogen and oxygen atoms in total. The Hall–Kier alpha value is -3.91. The molecule has 0 aliphatic carbocycles. The minimum Gasteiger partial charge on any atom is -0.492 e. The third-order valence-electron chi connectivity index (χ3n) is 5.23. The van der Waals surface area contributed by atoms with E-state index in [1.807, 2.05) is 50.2 Å². The summed E-state index contributed by atoms with van der Waals surface area (Å²) in [7, 11) is -3.33. The molecule has 0 radical (unpaired) electrons. The highest BCUT2D eigenvalue weighted by molar-refractivity contribution is 7.90.